The molecule has 0 aliphatic rings. The molecule has 0 heterocycles. The van der Waals surface area contributed by atoms with Crippen LogP contribution in [0, 0.1) is 0 Å². The normalized spacial score (nSPS) is 12.2. The second-order valence-electron chi connectivity index (χ2n) is 5.88. The van der Waals surface area contributed by atoms with Crippen LogP contribution < -0.4 is 15.8 Å². The van der Waals surface area contributed by atoms with Crippen molar-refractivity contribution in [3.05, 3.63) is 29.8 Å². The van der Waals surface area contributed by atoms with Crippen molar-refractivity contribution in [2.75, 3.05) is 13.1 Å². The number of rotatable bonds is 8. The van der Waals surface area contributed by atoms with E-state index in [1.807, 2.05) is 13.8 Å². The molecule has 0 saturated carbocycles. The number of carbonyl (C=O) groups is 1. The molecule has 0 fully saturated rings. The summed E-state index contributed by atoms with van der Waals surface area (Å²) in [6.07, 6.45) is 1.57. The molecule has 0 bridgehead atoms. The van der Waals surface area contributed by atoms with Crippen LogP contribution in [0.2, 0.25) is 0 Å². The summed E-state index contributed by atoms with van der Waals surface area (Å²) in [4.78, 5) is 11.8. The van der Waals surface area contributed by atoms with Crippen molar-refractivity contribution in [2.24, 2.45) is 5.14 Å². The van der Waals surface area contributed by atoms with Crippen LogP contribution in [-0.2, 0) is 21.2 Å². The Kier molecular flexibility index (Phi) is 6.52. The van der Waals surface area contributed by atoms with Gasteiger partial charge >= 0.3 is 0 Å². The van der Waals surface area contributed by atoms with E-state index in [-0.39, 0.29) is 22.9 Å². The Labute approximate surface area is 132 Å². The van der Waals surface area contributed by atoms with Crippen LogP contribution in [0.3, 0.4) is 0 Å². The molecule has 7 heteroatoms. The van der Waals surface area contributed by atoms with Crippen LogP contribution in [0.1, 0.15) is 32.8 Å². The van der Waals surface area contributed by atoms with Crippen molar-refractivity contribution >= 4 is 15.9 Å². The number of amides is 1. The lowest BCUT2D eigenvalue weighted by molar-refractivity contribution is -0.120. The maximum Gasteiger partial charge on any atom is 0.238 e. The van der Waals surface area contributed by atoms with E-state index in [2.05, 4.69) is 17.6 Å². The molecule has 0 unspecified atom stereocenters. The van der Waals surface area contributed by atoms with Gasteiger partial charge in [-0.3, -0.25) is 4.79 Å². The molecule has 0 atom stereocenters. The van der Waals surface area contributed by atoms with Gasteiger partial charge in [0.05, 0.1) is 11.4 Å². The highest BCUT2D eigenvalue weighted by molar-refractivity contribution is 7.89. The minimum Gasteiger partial charge on any atom is -0.355 e. The molecule has 0 radical (unpaired) electrons. The van der Waals surface area contributed by atoms with Crippen LogP contribution in [0.4, 0.5) is 0 Å². The summed E-state index contributed by atoms with van der Waals surface area (Å²) >= 11 is 0. The van der Waals surface area contributed by atoms with Gasteiger partial charge in [-0.05, 0) is 44.4 Å². The highest BCUT2D eigenvalue weighted by Crippen LogP contribution is 2.09. The summed E-state index contributed by atoms with van der Waals surface area (Å²) in [6.45, 7) is 6.95. The van der Waals surface area contributed by atoms with E-state index in [0.717, 1.165) is 12.0 Å². The van der Waals surface area contributed by atoms with Crippen molar-refractivity contribution < 1.29 is 13.2 Å². The molecule has 0 aliphatic carbocycles. The summed E-state index contributed by atoms with van der Waals surface area (Å²) in [5, 5.41) is 11.1. The molecule has 0 aromatic heterocycles. The first-order chi connectivity index (χ1) is 10.1. The number of benzene rings is 1. The Morgan fingerprint density at radius 3 is 2.32 bits per heavy atom. The largest absolute Gasteiger partial charge is 0.355 e. The zero-order valence-electron chi connectivity index (χ0n) is 13.3. The Bertz CT molecular complexity index is 595. The van der Waals surface area contributed by atoms with Gasteiger partial charge in [0, 0.05) is 12.1 Å². The summed E-state index contributed by atoms with van der Waals surface area (Å²) < 4.78 is 22.3. The predicted octanol–water partition coefficient (Wildman–Crippen LogP) is 0.771. The lowest BCUT2D eigenvalue weighted by atomic mass is 10.0. The summed E-state index contributed by atoms with van der Waals surface area (Å²) in [6, 6.07) is 6.34. The van der Waals surface area contributed by atoms with Gasteiger partial charge in [-0.15, -0.1) is 0 Å². The average molecular weight is 327 g/mol. The first-order valence-electron chi connectivity index (χ1n) is 7.27. The molecule has 0 aliphatic heterocycles. The third-order valence-electron chi connectivity index (χ3n) is 3.60. The van der Waals surface area contributed by atoms with Gasteiger partial charge in [-0.25, -0.2) is 13.6 Å². The molecule has 6 nitrogen and oxygen atoms in total. The molecule has 0 saturated heterocycles. The van der Waals surface area contributed by atoms with Crippen LogP contribution >= 0.6 is 0 Å². The van der Waals surface area contributed by atoms with Gasteiger partial charge in [0.15, 0.2) is 0 Å². The van der Waals surface area contributed by atoms with Gasteiger partial charge in [0.25, 0.3) is 0 Å². The molecular formula is C15H25N3O3S. The van der Waals surface area contributed by atoms with E-state index in [4.69, 9.17) is 5.14 Å². The van der Waals surface area contributed by atoms with Gasteiger partial charge in [0.2, 0.25) is 15.9 Å². The maximum atomic E-state index is 11.7. The van der Waals surface area contributed by atoms with E-state index in [1.165, 1.54) is 12.1 Å². The number of sulfonamides is 1. The van der Waals surface area contributed by atoms with Gasteiger partial charge < -0.3 is 10.6 Å². The average Bonchev–Trinajstić information content (AvgIpc) is 2.45. The maximum absolute atomic E-state index is 11.7. The topological polar surface area (TPSA) is 101 Å². The van der Waals surface area contributed by atoms with Crippen molar-refractivity contribution in [1.82, 2.24) is 10.6 Å². The van der Waals surface area contributed by atoms with Crippen LogP contribution in [0.5, 0.6) is 0 Å². The van der Waals surface area contributed by atoms with E-state index >= 15 is 0 Å². The molecule has 0 spiro atoms. The molecule has 1 aromatic carbocycles. The molecule has 1 aromatic rings. The number of hydrogen-bond acceptors (Lipinski definition) is 4. The zero-order chi connectivity index (χ0) is 16.8. The van der Waals surface area contributed by atoms with Crippen molar-refractivity contribution in [3.8, 4) is 0 Å². The number of nitrogens with one attached hydrogen (secondary N) is 2. The van der Waals surface area contributed by atoms with E-state index in [9.17, 15) is 13.2 Å². The van der Waals surface area contributed by atoms with Crippen LogP contribution in [0.25, 0.3) is 0 Å². The quantitative estimate of drug-likeness (QED) is 0.656. The molecular weight excluding hydrogens is 302 g/mol. The van der Waals surface area contributed by atoms with E-state index in [1.54, 1.807) is 12.1 Å². The third kappa shape index (κ3) is 6.55. The van der Waals surface area contributed by atoms with Gasteiger partial charge in [-0.2, -0.15) is 0 Å². The van der Waals surface area contributed by atoms with Crippen LogP contribution in [-0.4, -0.2) is 33.0 Å². The minimum atomic E-state index is -3.66. The fourth-order valence-corrected chi connectivity index (χ4v) is 2.21. The number of nitrogens with two attached hydrogens (primary N) is 1. The summed E-state index contributed by atoms with van der Waals surface area (Å²) in [5.74, 6) is -0.0531. The minimum absolute atomic E-state index is 0.0531. The first-order valence-corrected chi connectivity index (χ1v) is 8.82. The summed E-state index contributed by atoms with van der Waals surface area (Å²) in [7, 11) is -3.66. The van der Waals surface area contributed by atoms with Crippen molar-refractivity contribution in [1.29, 1.82) is 0 Å². The first kappa shape index (κ1) is 18.6. The molecule has 124 valence electrons. The van der Waals surface area contributed by atoms with Gasteiger partial charge in [0.1, 0.15) is 0 Å². The molecule has 4 N–H and O–H groups in total. The second-order valence-corrected chi connectivity index (χ2v) is 7.44. The number of primary sulfonamides is 1. The Hall–Kier alpha value is -1.44. The third-order valence-corrected chi connectivity index (χ3v) is 4.53. The highest BCUT2D eigenvalue weighted by atomic mass is 32.2. The lowest BCUT2D eigenvalue weighted by Crippen LogP contribution is -2.45. The number of carbonyl (C=O) groups excluding carboxylic acids is 1. The molecule has 22 heavy (non-hydrogen) atoms. The molecule has 1 rings (SSSR count). The Morgan fingerprint density at radius 2 is 1.82 bits per heavy atom. The van der Waals surface area contributed by atoms with E-state index in [0.29, 0.717) is 13.0 Å². The SMILES string of the molecule is CCC(C)(C)NCC(=O)NCCc1ccc(S(N)(=O)=O)cc1. The van der Waals surface area contributed by atoms with Crippen molar-refractivity contribution in [2.45, 2.75) is 44.0 Å². The Morgan fingerprint density at radius 1 is 1.23 bits per heavy atom. The van der Waals surface area contributed by atoms with Gasteiger partial charge in [-0.1, -0.05) is 19.1 Å². The zero-order valence-corrected chi connectivity index (χ0v) is 14.2. The fourth-order valence-electron chi connectivity index (χ4n) is 1.70. The monoisotopic (exact) mass is 327 g/mol. The highest BCUT2D eigenvalue weighted by Gasteiger charge is 2.15. The Balaban J connectivity index is 2.37. The lowest BCUT2D eigenvalue weighted by Gasteiger charge is -2.24. The number of hydrogen-bond donors (Lipinski definition) is 3. The standard InChI is InChI=1S/C15H25N3O3S/c1-4-15(2,3)18-11-14(19)17-10-9-12-5-7-13(8-6-12)22(16,20)21/h5-8,18H,4,9-11H2,1-3H3,(H,17,19)(H2,16,20,21). The smallest absolute Gasteiger partial charge is 0.238 e. The predicted molar refractivity (Wildman–Crippen MR) is 86.9 cm³/mol. The van der Waals surface area contributed by atoms with Crippen LogP contribution in [0.15, 0.2) is 29.2 Å². The van der Waals surface area contributed by atoms with E-state index < -0.39 is 10.0 Å². The summed E-state index contributed by atoms with van der Waals surface area (Å²) in [5.41, 5.74) is 0.885. The molecule has 1 amide bonds. The second kappa shape index (κ2) is 7.71. The fraction of sp³-hybridized carbons (Fsp3) is 0.533. The van der Waals surface area contributed by atoms with Crippen molar-refractivity contribution in [3.63, 3.8) is 0 Å².